The molecule has 0 radical (unpaired) electrons. The average Bonchev–Trinajstić information content (AvgIpc) is 3.41. The minimum absolute atomic E-state index is 0.460. The largest absolute Gasteiger partial charge is 0.439 e. The van der Waals surface area contributed by atoms with Crippen LogP contribution in [0.25, 0.3) is 22.0 Å². The highest BCUT2D eigenvalue weighted by atomic mass is 16.5. The van der Waals surface area contributed by atoms with Gasteiger partial charge in [0.2, 0.25) is 5.88 Å². The van der Waals surface area contributed by atoms with Gasteiger partial charge in [-0.25, -0.2) is 9.78 Å². The van der Waals surface area contributed by atoms with Gasteiger partial charge in [0.05, 0.1) is 11.7 Å². The predicted molar refractivity (Wildman–Crippen MR) is 145 cm³/mol. The van der Waals surface area contributed by atoms with E-state index < -0.39 is 5.97 Å². The van der Waals surface area contributed by atoms with Gasteiger partial charge < -0.3 is 9.47 Å². The standard InChI is InChI=1S/C31H25N3O3/c1-3-25(21-10-9-11-24(19-21)36-29-14-7-8-17-32-29)31(22-15-16-27-23(18-22)20-33-34-27)26-12-5-6-13-28(26)37-30(35)4-2/h4-20H,2-3H2,1H3,(H,33,34)/b31-25+. The highest BCUT2D eigenvalue weighted by molar-refractivity contribution is 6.02. The second kappa shape index (κ2) is 10.7. The van der Waals surface area contributed by atoms with Crippen LogP contribution in [-0.4, -0.2) is 21.2 Å². The molecule has 2 heterocycles. The molecule has 0 spiro atoms. The van der Waals surface area contributed by atoms with Gasteiger partial charge in [0.1, 0.15) is 11.5 Å². The smallest absolute Gasteiger partial charge is 0.335 e. The lowest BCUT2D eigenvalue weighted by Gasteiger charge is -2.19. The number of nitrogens with zero attached hydrogens (tertiary/aromatic N) is 2. The number of benzene rings is 3. The summed E-state index contributed by atoms with van der Waals surface area (Å²) in [6, 6.07) is 27.2. The first kappa shape index (κ1) is 23.8. The number of allylic oxidation sites excluding steroid dienone is 1. The van der Waals surface area contributed by atoms with Crippen LogP contribution in [0.3, 0.4) is 0 Å². The van der Waals surface area contributed by atoms with Crippen molar-refractivity contribution in [2.24, 2.45) is 0 Å². The minimum atomic E-state index is -0.513. The number of fused-ring (bicyclic) bond motifs is 1. The summed E-state index contributed by atoms with van der Waals surface area (Å²) in [5.41, 5.74) is 5.73. The number of esters is 1. The van der Waals surface area contributed by atoms with Crippen molar-refractivity contribution in [1.82, 2.24) is 15.2 Å². The molecule has 2 aromatic heterocycles. The van der Waals surface area contributed by atoms with E-state index in [0.717, 1.165) is 51.2 Å². The number of pyridine rings is 1. The Balaban J connectivity index is 1.71. The zero-order valence-electron chi connectivity index (χ0n) is 20.3. The van der Waals surface area contributed by atoms with Gasteiger partial charge >= 0.3 is 5.97 Å². The summed E-state index contributed by atoms with van der Waals surface area (Å²) < 4.78 is 11.7. The maximum absolute atomic E-state index is 12.2. The van der Waals surface area contributed by atoms with Gasteiger partial charge in [-0.15, -0.1) is 0 Å². The van der Waals surface area contributed by atoms with Gasteiger partial charge in [-0.1, -0.05) is 56.0 Å². The molecule has 5 aromatic rings. The quantitative estimate of drug-likeness (QED) is 0.108. The van der Waals surface area contributed by atoms with Crippen molar-refractivity contribution in [3.63, 3.8) is 0 Å². The molecule has 0 atom stereocenters. The van der Waals surface area contributed by atoms with Gasteiger partial charge in [-0.05, 0) is 65.1 Å². The topological polar surface area (TPSA) is 77.1 Å². The Hall–Kier alpha value is -4.97. The number of H-pyrrole nitrogens is 1. The zero-order chi connectivity index (χ0) is 25.6. The van der Waals surface area contributed by atoms with E-state index in [1.165, 1.54) is 0 Å². The van der Waals surface area contributed by atoms with Gasteiger partial charge in [-0.3, -0.25) is 5.10 Å². The Morgan fingerprint density at radius 2 is 1.84 bits per heavy atom. The number of ether oxygens (including phenoxy) is 2. The third-order valence-electron chi connectivity index (χ3n) is 5.96. The third-order valence-corrected chi connectivity index (χ3v) is 5.96. The Morgan fingerprint density at radius 1 is 0.973 bits per heavy atom. The number of rotatable bonds is 8. The number of carbonyl (C=O) groups excluding carboxylic acids is 1. The molecule has 6 heteroatoms. The zero-order valence-corrected chi connectivity index (χ0v) is 20.3. The summed E-state index contributed by atoms with van der Waals surface area (Å²) >= 11 is 0. The number of para-hydroxylation sites is 1. The normalized spacial score (nSPS) is 11.6. The molecule has 182 valence electrons. The van der Waals surface area contributed by atoms with Crippen molar-refractivity contribution in [1.29, 1.82) is 0 Å². The molecular weight excluding hydrogens is 462 g/mol. The van der Waals surface area contributed by atoms with Gasteiger partial charge in [0.15, 0.2) is 0 Å². The molecule has 0 aliphatic heterocycles. The summed E-state index contributed by atoms with van der Waals surface area (Å²) in [4.78, 5) is 16.4. The molecule has 0 saturated carbocycles. The number of aromatic nitrogens is 3. The number of hydrogen-bond acceptors (Lipinski definition) is 5. The van der Waals surface area contributed by atoms with Crippen LogP contribution >= 0.6 is 0 Å². The molecule has 5 rings (SSSR count). The number of carbonyl (C=O) groups is 1. The third kappa shape index (κ3) is 5.18. The summed E-state index contributed by atoms with van der Waals surface area (Å²) in [5, 5.41) is 8.16. The van der Waals surface area contributed by atoms with E-state index in [1.807, 2.05) is 66.7 Å². The summed E-state index contributed by atoms with van der Waals surface area (Å²) in [7, 11) is 0. The Morgan fingerprint density at radius 3 is 2.65 bits per heavy atom. The summed E-state index contributed by atoms with van der Waals surface area (Å²) in [5.74, 6) is 1.15. The van der Waals surface area contributed by atoms with E-state index in [2.05, 4.69) is 40.8 Å². The molecule has 0 aliphatic carbocycles. The Bertz CT molecular complexity index is 1600. The van der Waals surface area contributed by atoms with Crippen LogP contribution in [0.2, 0.25) is 0 Å². The van der Waals surface area contributed by atoms with E-state index in [0.29, 0.717) is 17.4 Å². The van der Waals surface area contributed by atoms with Gasteiger partial charge in [0.25, 0.3) is 0 Å². The fourth-order valence-corrected chi connectivity index (χ4v) is 4.30. The molecule has 1 N–H and O–H groups in total. The first-order valence-corrected chi connectivity index (χ1v) is 12.0. The van der Waals surface area contributed by atoms with Crippen molar-refractivity contribution < 1.29 is 14.3 Å². The van der Waals surface area contributed by atoms with Crippen molar-refractivity contribution in [3.05, 3.63) is 127 Å². The van der Waals surface area contributed by atoms with E-state index in [-0.39, 0.29) is 0 Å². The van der Waals surface area contributed by atoms with Crippen LogP contribution in [-0.2, 0) is 4.79 Å². The van der Waals surface area contributed by atoms with Crippen molar-refractivity contribution in [2.75, 3.05) is 0 Å². The second-order valence-corrected chi connectivity index (χ2v) is 8.30. The number of hydrogen-bond donors (Lipinski definition) is 1. The fourth-order valence-electron chi connectivity index (χ4n) is 4.30. The molecule has 0 saturated heterocycles. The van der Waals surface area contributed by atoms with Crippen molar-refractivity contribution in [2.45, 2.75) is 13.3 Å². The molecule has 0 bridgehead atoms. The molecule has 0 aliphatic rings. The summed E-state index contributed by atoms with van der Waals surface area (Å²) in [6.07, 6.45) is 5.38. The van der Waals surface area contributed by atoms with Gasteiger partial charge in [0, 0.05) is 29.3 Å². The van der Waals surface area contributed by atoms with Crippen molar-refractivity contribution >= 4 is 28.0 Å². The first-order chi connectivity index (χ1) is 18.2. The number of nitrogens with one attached hydrogen (secondary N) is 1. The minimum Gasteiger partial charge on any atom is -0.439 e. The Labute approximate surface area is 214 Å². The van der Waals surface area contributed by atoms with Crippen LogP contribution in [0.5, 0.6) is 17.4 Å². The van der Waals surface area contributed by atoms with E-state index in [4.69, 9.17) is 9.47 Å². The van der Waals surface area contributed by atoms with Crippen LogP contribution in [0.15, 0.2) is 110 Å². The molecule has 3 aromatic carbocycles. The van der Waals surface area contributed by atoms with Crippen LogP contribution in [0, 0.1) is 0 Å². The Kier molecular flexibility index (Phi) is 6.90. The monoisotopic (exact) mass is 487 g/mol. The van der Waals surface area contributed by atoms with E-state index >= 15 is 0 Å². The molecular formula is C31H25N3O3. The lowest BCUT2D eigenvalue weighted by molar-refractivity contribution is -0.128. The maximum atomic E-state index is 12.2. The second-order valence-electron chi connectivity index (χ2n) is 8.30. The summed E-state index contributed by atoms with van der Waals surface area (Å²) in [6.45, 7) is 5.65. The van der Waals surface area contributed by atoms with Gasteiger partial charge in [-0.2, -0.15) is 5.10 Å². The van der Waals surface area contributed by atoms with Crippen LogP contribution in [0.4, 0.5) is 0 Å². The lowest BCUT2D eigenvalue weighted by Crippen LogP contribution is -2.06. The fraction of sp³-hybridized carbons (Fsp3) is 0.0645. The molecule has 0 unspecified atom stereocenters. The highest BCUT2D eigenvalue weighted by Gasteiger charge is 2.19. The molecule has 0 fully saturated rings. The van der Waals surface area contributed by atoms with Crippen LogP contribution < -0.4 is 9.47 Å². The van der Waals surface area contributed by atoms with E-state index in [1.54, 1.807) is 18.5 Å². The molecule has 0 amide bonds. The van der Waals surface area contributed by atoms with Crippen LogP contribution in [0.1, 0.15) is 30.0 Å². The maximum Gasteiger partial charge on any atom is 0.335 e. The SMILES string of the molecule is C=CC(=O)Oc1ccccc1/C(=C(\CC)c1cccc(Oc2ccccn2)c1)c1ccc2[nH]ncc2c1. The number of aromatic amines is 1. The van der Waals surface area contributed by atoms with Crippen molar-refractivity contribution in [3.8, 4) is 17.4 Å². The average molecular weight is 488 g/mol. The lowest BCUT2D eigenvalue weighted by atomic mass is 9.87. The predicted octanol–water partition coefficient (Wildman–Crippen LogP) is 7.21. The molecule has 6 nitrogen and oxygen atoms in total. The highest BCUT2D eigenvalue weighted by Crippen LogP contribution is 2.40. The molecule has 37 heavy (non-hydrogen) atoms. The first-order valence-electron chi connectivity index (χ1n) is 12.0. The van der Waals surface area contributed by atoms with E-state index in [9.17, 15) is 4.79 Å².